The molecule has 4 rings (SSSR count). The third-order valence-corrected chi connectivity index (χ3v) is 5.62. The van der Waals surface area contributed by atoms with Gasteiger partial charge in [0.25, 0.3) is 0 Å². The number of benzene rings is 2. The summed E-state index contributed by atoms with van der Waals surface area (Å²) in [5, 5.41) is 21.4. The van der Waals surface area contributed by atoms with Crippen LogP contribution in [0.2, 0.25) is 0 Å². The van der Waals surface area contributed by atoms with Gasteiger partial charge < -0.3 is 10.0 Å². The third kappa shape index (κ3) is 3.26. The summed E-state index contributed by atoms with van der Waals surface area (Å²) in [6, 6.07) is 18.8. The molecule has 0 spiro atoms. The van der Waals surface area contributed by atoms with Crippen molar-refractivity contribution in [3.8, 4) is 22.4 Å². The van der Waals surface area contributed by atoms with E-state index in [1.807, 2.05) is 42.3 Å². The number of aliphatic hydroxyl groups is 1. The molecule has 2 N–H and O–H groups in total. The first-order valence-electron chi connectivity index (χ1n) is 8.94. The molecule has 2 aromatic carbocycles. The molecule has 0 fully saturated rings. The Bertz CT molecular complexity index is 1000. The summed E-state index contributed by atoms with van der Waals surface area (Å²) in [6.45, 7) is 4.42. The molecule has 0 amide bonds. The summed E-state index contributed by atoms with van der Waals surface area (Å²) >= 11 is 1.47. The summed E-state index contributed by atoms with van der Waals surface area (Å²) in [5.41, 5.74) is 4.81. The van der Waals surface area contributed by atoms with E-state index in [-0.39, 0.29) is 11.8 Å². The summed E-state index contributed by atoms with van der Waals surface area (Å²) in [4.78, 5) is 6.57. The fraction of sp³-hybridized carbons (Fsp3) is 0.182. The predicted octanol–water partition coefficient (Wildman–Crippen LogP) is 5.45. The lowest BCUT2D eigenvalue weighted by molar-refractivity contribution is 0.318. The van der Waals surface area contributed by atoms with E-state index < -0.39 is 0 Å². The van der Waals surface area contributed by atoms with Crippen molar-refractivity contribution in [3.63, 3.8) is 0 Å². The van der Waals surface area contributed by atoms with Crippen molar-refractivity contribution in [2.24, 2.45) is 0 Å². The molecule has 3 aromatic rings. The Balaban J connectivity index is 1.60. The highest BCUT2D eigenvalue weighted by Gasteiger charge is 2.31. The van der Waals surface area contributed by atoms with Gasteiger partial charge in [0.1, 0.15) is 16.6 Å². The molecule has 2 heterocycles. The molecular formula is C22H21N3OS. The van der Waals surface area contributed by atoms with E-state index in [4.69, 9.17) is 10.4 Å². The normalized spacial score (nSPS) is 14.5. The molecule has 136 valence electrons. The fourth-order valence-electron chi connectivity index (χ4n) is 3.25. The molecule has 5 heteroatoms. The maximum atomic E-state index is 10.3. The van der Waals surface area contributed by atoms with Gasteiger partial charge in [0.05, 0.1) is 17.8 Å². The second-order valence-corrected chi connectivity index (χ2v) is 7.73. The Morgan fingerprint density at radius 2 is 1.63 bits per heavy atom. The van der Waals surface area contributed by atoms with Crippen LogP contribution in [-0.4, -0.2) is 33.4 Å². The van der Waals surface area contributed by atoms with E-state index >= 15 is 0 Å². The van der Waals surface area contributed by atoms with Gasteiger partial charge in [-0.2, -0.15) is 0 Å². The van der Waals surface area contributed by atoms with Gasteiger partial charge >= 0.3 is 0 Å². The third-order valence-electron chi connectivity index (χ3n) is 4.76. The molecular weight excluding hydrogens is 354 g/mol. The second-order valence-electron chi connectivity index (χ2n) is 6.87. The van der Waals surface area contributed by atoms with E-state index in [0.29, 0.717) is 23.0 Å². The average molecular weight is 375 g/mol. The maximum Gasteiger partial charge on any atom is 0.135 e. The number of aromatic nitrogens is 1. The van der Waals surface area contributed by atoms with Crippen LogP contribution in [0.15, 0.2) is 65.7 Å². The van der Waals surface area contributed by atoms with Crippen molar-refractivity contribution in [1.82, 2.24) is 9.88 Å². The Kier molecular flexibility index (Phi) is 4.54. The van der Waals surface area contributed by atoms with Crippen LogP contribution in [0.3, 0.4) is 0 Å². The predicted molar refractivity (Wildman–Crippen MR) is 112 cm³/mol. The first-order valence-corrected chi connectivity index (χ1v) is 9.82. The van der Waals surface area contributed by atoms with E-state index in [0.717, 1.165) is 11.3 Å². The van der Waals surface area contributed by atoms with Gasteiger partial charge in [0, 0.05) is 17.0 Å². The fourth-order valence-corrected chi connectivity index (χ4v) is 4.15. The number of hydrogen-bond acceptors (Lipinski definition) is 4. The Morgan fingerprint density at radius 3 is 2.26 bits per heavy atom. The van der Waals surface area contributed by atoms with Gasteiger partial charge in [0.15, 0.2) is 0 Å². The first-order chi connectivity index (χ1) is 13.0. The molecule has 0 saturated heterocycles. The van der Waals surface area contributed by atoms with Crippen molar-refractivity contribution in [2.45, 2.75) is 19.9 Å². The lowest BCUT2D eigenvalue weighted by Gasteiger charge is -2.22. The highest BCUT2D eigenvalue weighted by atomic mass is 32.1. The zero-order valence-electron chi connectivity index (χ0n) is 15.3. The summed E-state index contributed by atoms with van der Waals surface area (Å²) in [7, 11) is 0. The molecule has 27 heavy (non-hydrogen) atoms. The van der Waals surface area contributed by atoms with Gasteiger partial charge in [-0.1, -0.05) is 54.6 Å². The van der Waals surface area contributed by atoms with Gasteiger partial charge in [-0.25, -0.2) is 4.98 Å². The summed E-state index contributed by atoms with van der Waals surface area (Å²) < 4.78 is 0. The van der Waals surface area contributed by atoms with E-state index in [2.05, 4.69) is 36.4 Å². The largest absolute Gasteiger partial charge is 0.510 e. The van der Waals surface area contributed by atoms with E-state index in [9.17, 15) is 5.11 Å². The highest BCUT2D eigenvalue weighted by molar-refractivity contribution is 7.11. The van der Waals surface area contributed by atoms with Crippen LogP contribution in [0.5, 0.6) is 0 Å². The number of amidine groups is 1. The minimum atomic E-state index is 0.169. The number of nitrogens with one attached hydrogen (secondary N) is 1. The van der Waals surface area contributed by atoms with E-state index in [1.165, 1.54) is 22.5 Å². The molecule has 0 bridgehead atoms. The van der Waals surface area contributed by atoms with Crippen molar-refractivity contribution in [3.05, 3.63) is 70.7 Å². The van der Waals surface area contributed by atoms with Crippen LogP contribution in [0, 0.1) is 5.41 Å². The van der Waals surface area contributed by atoms with Crippen LogP contribution >= 0.6 is 11.3 Å². The summed E-state index contributed by atoms with van der Waals surface area (Å²) in [6.07, 6.45) is 0. The Morgan fingerprint density at radius 1 is 1.00 bits per heavy atom. The SMILES string of the molecule is CC(C)N1CC(O)=C(c2nc(-c3ccc(-c4ccccc4)cc3)cs2)C1=N. The molecule has 0 radical (unpaired) electrons. The maximum absolute atomic E-state index is 10.3. The van der Waals surface area contributed by atoms with Gasteiger partial charge in [-0.15, -0.1) is 11.3 Å². The molecule has 0 aliphatic carbocycles. The Labute approximate surface area is 163 Å². The number of rotatable bonds is 4. The zero-order chi connectivity index (χ0) is 19.0. The monoisotopic (exact) mass is 375 g/mol. The molecule has 1 aromatic heterocycles. The average Bonchev–Trinajstić information content (AvgIpc) is 3.27. The second kappa shape index (κ2) is 7.00. The first kappa shape index (κ1) is 17.5. The molecule has 1 aliphatic heterocycles. The molecule has 4 nitrogen and oxygen atoms in total. The molecule has 1 aliphatic rings. The van der Waals surface area contributed by atoms with Crippen molar-refractivity contribution in [1.29, 1.82) is 5.41 Å². The van der Waals surface area contributed by atoms with Crippen molar-refractivity contribution < 1.29 is 5.11 Å². The van der Waals surface area contributed by atoms with Crippen LogP contribution in [0.4, 0.5) is 0 Å². The Hall–Kier alpha value is -2.92. The lowest BCUT2D eigenvalue weighted by Crippen LogP contribution is -2.33. The smallest absolute Gasteiger partial charge is 0.135 e. The van der Waals surface area contributed by atoms with Crippen LogP contribution in [0.25, 0.3) is 28.0 Å². The number of hydrogen-bond donors (Lipinski definition) is 2. The number of thiazole rings is 1. The minimum Gasteiger partial charge on any atom is -0.510 e. The van der Waals surface area contributed by atoms with E-state index in [1.54, 1.807) is 0 Å². The molecule has 0 saturated carbocycles. The van der Waals surface area contributed by atoms with Gasteiger partial charge in [-0.3, -0.25) is 5.41 Å². The minimum absolute atomic E-state index is 0.169. The highest BCUT2D eigenvalue weighted by Crippen LogP contribution is 2.33. The molecule has 0 atom stereocenters. The van der Waals surface area contributed by atoms with Crippen LogP contribution in [0.1, 0.15) is 18.9 Å². The lowest BCUT2D eigenvalue weighted by atomic mass is 10.0. The van der Waals surface area contributed by atoms with Crippen molar-refractivity contribution in [2.75, 3.05) is 6.54 Å². The quantitative estimate of drug-likeness (QED) is 0.638. The zero-order valence-corrected chi connectivity index (χ0v) is 16.1. The van der Waals surface area contributed by atoms with Crippen molar-refractivity contribution >= 4 is 22.7 Å². The number of aliphatic hydroxyl groups excluding tert-OH is 1. The van der Waals surface area contributed by atoms with Crippen LogP contribution < -0.4 is 0 Å². The van der Waals surface area contributed by atoms with Gasteiger partial charge in [0.2, 0.25) is 0 Å². The standard InChI is InChI=1S/C22H21N3OS/c1-14(2)25-12-19(26)20(21(25)23)22-24-18(13-27-22)17-10-8-16(9-11-17)15-6-4-3-5-7-15/h3-11,13-14,23,26H,12H2,1-2H3. The summed E-state index contributed by atoms with van der Waals surface area (Å²) in [5.74, 6) is 0.580. The topological polar surface area (TPSA) is 60.2 Å². The van der Waals surface area contributed by atoms with Gasteiger partial charge in [-0.05, 0) is 25.0 Å². The van der Waals surface area contributed by atoms with Crippen LogP contribution in [-0.2, 0) is 0 Å². The number of nitrogens with zero attached hydrogens (tertiary/aromatic N) is 2. The molecule has 0 unspecified atom stereocenters.